The minimum atomic E-state index is 0.570. The van der Waals surface area contributed by atoms with Crippen molar-refractivity contribution >= 4 is 40.4 Å². The van der Waals surface area contributed by atoms with Gasteiger partial charge in [-0.15, -0.1) is 0 Å². The summed E-state index contributed by atoms with van der Waals surface area (Å²) in [7, 11) is 0. The number of halogens is 1. The molecule has 1 saturated heterocycles. The quantitative estimate of drug-likeness (QED) is 0.610. The van der Waals surface area contributed by atoms with Gasteiger partial charge in [0.05, 0.1) is 0 Å². The second-order valence-electron chi connectivity index (χ2n) is 6.72. The maximum absolute atomic E-state index is 5.94. The number of rotatable bonds is 5. The van der Waals surface area contributed by atoms with Crippen LogP contribution in [-0.2, 0) is 0 Å². The standard InChI is InChI=1S/C21H22ClN5/c1-15-14-20(24-17-6-4-16(22)5-7-17)26-21(23-15)25-18-8-10-19(11-9-18)27-12-2-3-13-27/h4-11,14H,2-3,12-13H2,1H3,(H2,23,24,25,26). The van der Waals surface area contributed by atoms with E-state index in [-0.39, 0.29) is 0 Å². The summed E-state index contributed by atoms with van der Waals surface area (Å²) < 4.78 is 0. The molecule has 1 aliphatic rings. The fraction of sp³-hybridized carbons (Fsp3) is 0.238. The summed E-state index contributed by atoms with van der Waals surface area (Å²) in [6, 6.07) is 17.9. The zero-order valence-electron chi connectivity index (χ0n) is 15.2. The minimum Gasteiger partial charge on any atom is -0.372 e. The van der Waals surface area contributed by atoms with E-state index in [0.717, 1.165) is 36.0 Å². The Kier molecular flexibility index (Phi) is 5.12. The van der Waals surface area contributed by atoms with E-state index in [2.05, 4.69) is 49.8 Å². The molecule has 0 radical (unpaired) electrons. The van der Waals surface area contributed by atoms with Crippen molar-refractivity contribution in [2.45, 2.75) is 19.8 Å². The molecule has 1 fully saturated rings. The largest absolute Gasteiger partial charge is 0.372 e. The van der Waals surface area contributed by atoms with Crippen LogP contribution < -0.4 is 15.5 Å². The third-order valence-electron chi connectivity index (χ3n) is 4.57. The average Bonchev–Trinajstić information content (AvgIpc) is 3.19. The first-order valence-corrected chi connectivity index (χ1v) is 9.54. The van der Waals surface area contributed by atoms with Gasteiger partial charge < -0.3 is 15.5 Å². The van der Waals surface area contributed by atoms with Crippen LogP contribution in [0, 0.1) is 6.92 Å². The van der Waals surface area contributed by atoms with E-state index < -0.39 is 0 Å². The van der Waals surface area contributed by atoms with Crippen molar-refractivity contribution in [3.05, 3.63) is 65.3 Å². The van der Waals surface area contributed by atoms with Crippen LogP contribution >= 0.6 is 11.6 Å². The highest BCUT2D eigenvalue weighted by molar-refractivity contribution is 6.30. The zero-order valence-corrected chi connectivity index (χ0v) is 16.0. The molecule has 0 unspecified atom stereocenters. The summed E-state index contributed by atoms with van der Waals surface area (Å²) in [5.41, 5.74) is 4.06. The van der Waals surface area contributed by atoms with Gasteiger partial charge >= 0.3 is 0 Å². The fourth-order valence-electron chi connectivity index (χ4n) is 3.23. The maximum Gasteiger partial charge on any atom is 0.229 e. The Morgan fingerprint density at radius 3 is 2.19 bits per heavy atom. The summed E-state index contributed by atoms with van der Waals surface area (Å²) in [5, 5.41) is 7.29. The second-order valence-corrected chi connectivity index (χ2v) is 7.15. The molecule has 2 aromatic carbocycles. The summed E-state index contributed by atoms with van der Waals surface area (Å²) in [6.07, 6.45) is 2.56. The highest BCUT2D eigenvalue weighted by Crippen LogP contribution is 2.24. The molecule has 27 heavy (non-hydrogen) atoms. The molecule has 6 heteroatoms. The number of hydrogen-bond donors (Lipinski definition) is 2. The smallest absolute Gasteiger partial charge is 0.229 e. The Balaban J connectivity index is 1.48. The van der Waals surface area contributed by atoms with E-state index in [1.807, 2.05) is 37.3 Å². The van der Waals surface area contributed by atoms with Crippen molar-refractivity contribution in [1.82, 2.24) is 9.97 Å². The number of benzene rings is 2. The first-order valence-electron chi connectivity index (χ1n) is 9.16. The molecule has 0 bridgehead atoms. The van der Waals surface area contributed by atoms with Gasteiger partial charge in [-0.3, -0.25) is 0 Å². The van der Waals surface area contributed by atoms with Gasteiger partial charge in [0, 0.05) is 46.9 Å². The molecule has 1 aromatic heterocycles. The molecule has 0 aliphatic carbocycles. The molecule has 0 spiro atoms. The lowest BCUT2D eigenvalue weighted by molar-refractivity contribution is 0.949. The summed E-state index contributed by atoms with van der Waals surface area (Å²) in [4.78, 5) is 11.5. The molecule has 138 valence electrons. The van der Waals surface area contributed by atoms with E-state index in [4.69, 9.17) is 11.6 Å². The first-order chi connectivity index (χ1) is 13.2. The molecule has 3 aromatic rings. The van der Waals surface area contributed by atoms with Crippen LogP contribution in [0.15, 0.2) is 54.6 Å². The molecule has 2 heterocycles. The topological polar surface area (TPSA) is 53.1 Å². The summed E-state index contributed by atoms with van der Waals surface area (Å²) in [5.74, 6) is 1.31. The molecule has 4 rings (SSSR count). The lowest BCUT2D eigenvalue weighted by atomic mass is 10.2. The molecular formula is C21H22ClN5. The van der Waals surface area contributed by atoms with E-state index in [0.29, 0.717) is 11.0 Å². The lowest BCUT2D eigenvalue weighted by Gasteiger charge is -2.18. The van der Waals surface area contributed by atoms with Crippen LogP contribution in [0.3, 0.4) is 0 Å². The molecule has 2 N–H and O–H groups in total. The predicted octanol–water partition coefficient (Wildman–Crippen LogP) is 5.53. The Hall–Kier alpha value is -2.79. The number of nitrogens with zero attached hydrogens (tertiary/aromatic N) is 3. The summed E-state index contributed by atoms with van der Waals surface area (Å²) >= 11 is 5.94. The number of aryl methyl sites for hydroxylation is 1. The van der Waals surface area contributed by atoms with Gasteiger partial charge in [-0.25, -0.2) is 4.98 Å². The third-order valence-corrected chi connectivity index (χ3v) is 4.82. The Morgan fingerprint density at radius 2 is 1.48 bits per heavy atom. The Morgan fingerprint density at radius 1 is 0.852 bits per heavy atom. The van der Waals surface area contributed by atoms with Gasteiger partial charge in [-0.1, -0.05) is 11.6 Å². The molecule has 5 nitrogen and oxygen atoms in total. The lowest BCUT2D eigenvalue weighted by Crippen LogP contribution is -2.17. The molecule has 1 aliphatic heterocycles. The summed E-state index contributed by atoms with van der Waals surface area (Å²) in [6.45, 7) is 4.25. The van der Waals surface area contributed by atoms with E-state index >= 15 is 0 Å². The third kappa shape index (κ3) is 4.49. The Bertz CT molecular complexity index is 903. The van der Waals surface area contributed by atoms with Crippen LogP contribution in [-0.4, -0.2) is 23.1 Å². The monoisotopic (exact) mass is 379 g/mol. The molecule has 0 amide bonds. The molecule has 0 atom stereocenters. The van der Waals surface area contributed by atoms with E-state index in [1.54, 1.807) is 0 Å². The number of anilines is 5. The fourth-order valence-corrected chi connectivity index (χ4v) is 3.36. The Labute approximate surface area is 164 Å². The van der Waals surface area contributed by atoms with Gasteiger partial charge in [-0.2, -0.15) is 4.98 Å². The normalized spacial score (nSPS) is 13.6. The van der Waals surface area contributed by atoms with Crippen LogP contribution in [0.5, 0.6) is 0 Å². The number of hydrogen-bond acceptors (Lipinski definition) is 5. The maximum atomic E-state index is 5.94. The molecular weight excluding hydrogens is 358 g/mol. The van der Waals surface area contributed by atoms with Gasteiger partial charge in [0.15, 0.2) is 0 Å². The van der Waals surface area contributed by atoms with Gasteiger partial charge in [-0.05, 0) is 68.3 Å². The van der Waals surface area contributed by atoms with Crippen molar-refractivity contribution in [1.29, 1.82) is 0 Å². The van der Waals surface area contributed by atoms with Crippen LogP contribution in [0.1, 0.15) is 18.5 Å². The van der Waals surface area contributed by atoms with Gasteiger partial charge in [0.1, 0.15) is 5.82 Å². The number of nitrogens with one attached hydrogen (secondary N) is 2. The van der Waals surface area contributed by atoms with Crippen molar-refractivity contribution < 1.29 is 0 Å². The SMILES string of the molecule is Cc1cc(Nc2ccc(Cl)cc2)nc(Nc2ccc(N3CCCC3)cc2)n1. The predicted molar refractivity (Wildman–Crippen MR) is 113 cm³/mol. The van der Waals surface area contributed by atoms with E-state index in [1.165, 1.54) is 18.5 Å². The van der Waals surface area contributed by atoms with Crippen LogP contribution in [0.25, 0.3) is 0 Å². The highest BCUT2D eigenvalue weighted by Gasteiger charge is 2.12. The zero-order chi connectivity index (χ0) is 18.6. The van der Waals surface area contributed by atoms with Crippen molar-refractivity contribution in [2.24, 2.45) is 0 Å². The minimum absolute atomic E-state index is 0.570. The van der Waals surface area contributed by atoms with Crippen molar-refractivity contribution in [3.63, 3.8) is 0 Å². The van der Waals surface area contributed by atoms with Crippen LogP contribution in [0.4, 0.5) is 28.8 Å². The molecule has 0 saturated carbocycles. The van der Waals surface area contributed by atoms with Crippen molar-refractivity contribution in [2.75, 3.05) is 28.6 Å². The highest BCUT2D eigenvalue weighted by atomic mass is 35.5. The van der Waals surface area contributed by atoms with E-state index in [9.17, 15) is 0 Å². The van der Waals surface area contributed by atoms with Crippen LogP contribution in [0.2, 0.25) is 5.02 Å². The van der Waals surface area contributed by atoms with Crippen molar-refractivity contribution in [3.8, 4) is 0 Å². The number of aromatic nitrogens is 2. The van der Waals surface area contributed by atoms with Gasteiger partial charge in [0.2, 0.25) is 5.95 Å². The van der Waals surface area contributed by atoms with Gasteiger partial charge in [0.25, 0.3) is 0 Å². The second kappa shape index (κ2) is 7.84. The first kappa shape index (κ1) is 17.6. The average molecular weight is 380 g/mol.